The van der Waals surface area contributed by atoms with Crippen molar-refractivity contribution in [1.82, 2.24) is 0 Å². The molecule has 0 spiro atoms. The highest BCUT2D eigenvalue weighted by molar-refractivity contribution is 7.54. The van der Waals surface area contributed by atoms with E-state index in [0.717, 1.165) is 0 Å². The van der Waals surface area contributed by atoms with Gasteiger partial charge in [-0.1, -0.05) is 0 Å². The Morgan fingerprint density at radius 2 is 1.94 bits per heavy atom. The minimum absolute atomic E-state index is 0.223. The van der Waals surface area contributed by atoms with Gasteiger partial charge in [-0.15, -0.1) is 0 Å². The molecule has 0 saturated carbocycles. The molecule has 0 aromatic heterocycles. The number of hydrogen-bond donors (Lipinski definition) is 0. The molecule has 16 heavy (non-hydrogen) atoms. The quantitative estimate of drug-likeness (QED) is 0.558. The van der Waals surface area contributed by atoms with Crippen molar-refractivity contribution in [3.8, 4) is 0 Å². The van der Waals surface area contributed by atoms with Gasteiger partial charge in [0.2, 0.25) is 0 Å². The van der Waals surface area contributed by atoms with Crippen LogP contribution < -0.4 is 0 Å². The van der Waals surface area contributed by atoms with Crippen LogP contribution in [0.15, 0.2) is 0 Å². The number of hydrogen-bond acceptors (Lipinski definition) is 6. The molecule has 0 aliphatic carbocycles. The maximum Gasteiger partial charge on any atom is 0.358 e. The predicted octanol–water partition coefficient (Wildman–Crippen LogP) is 1.54. The molecule has 0 aromatic carbocycles. The molecule has 0 unspecified atom stereocenters. The molecule has 0 aromatic rings. The van der Waals surface area contributed by atoms with Crippen LogP contribution in [0.1, 0.15) is 19.8 Å². The van der Waals surface area contributed by atoms with Gasteiger partial charge in [-0.25, -0.2) is 0 Å². The van der Waals surface area contributed by atoms with Crippen molar-refractivity contribution in [1.29, 1.82) is 0 Å². The Balaban J connectivity index is 2.48. The lowest BCUT2D eigenvalue weighted by molar-refractivity contribution is -0.153. The first-order valence-corrected chi connectivity index (χ1v) is 6.63. The molecule has 0 radical (unpaired) electrons. The van der Waals surface area contributed by atoms with Gasteiger partial charge in [-0.05, 0) is 12.8 Å². The summed E-state index contributed by atoms with van der Waals surface area (Å²) in [5.41, 5.74) is 0. The SMILES string of the molecule is COP(=O)(OC)[C@H]1CC[C@H](OC(C)=O)CO1. The van der Waals surface area contributed by atoms with Gasteiger partial charge in [0, 0.05) is 21.1 Å². The van der Waals surface area contributed by atoms with Crippen LogP contribution in [0.5, 0.6) is 0 Å². The first kappa shape index (κ1) is 13.6. The molecule has 0 bridgehead atoms. The van der Waals surface area contributed by atoms with Gasteiger partial charge in [0.15, 0.2) is 5.85 Å². The first-order chi connectivity index (χ1) is 7.51. The Morgan fingerprint density at radius 1 is 1.31 bits per heavy atom. The lowest BCUT2D eigenvalue weighted by Gasteiger charge is -2.31. The average molecular weight is 252 g/mol. The minimum atomic E-state index is -3.18. The minimum Gasteiger partial charge on any atom is -0.460 e. The normalized spacial score (nSPS) is 26.4. The molecular weight excluding hydrogens is 235 g/mol. The second kappa shape index (κ2) is 5.77. The predicted molar refractivity (Wildman–Crippen MR) is 56.2 cm³/mol. The zero-order chi connectivity index (χ0) is 12.2. The van der Waals surface area contributed by atoms with Crippen LogP contribution in [-0.4, -0.2) is 38.7 Å². The van der Waals surface area contributed by atoms with Gasteiger partial charge < -0.3 is 18.5 Å². The summed E-state index contributed by atoms with van der Waals surface area (Å²) < 4.78 is 32.0. The number of esters is 1. The van der Waals surface area contributed by atoms with Crippen LogP contribution in [0, 0.1) is 0 Å². The number of rotatable bonds is 4. The van der Waals surface area contributed by atoms with Crippen LogP contribution in [0.4, 0.5) is 0 Å². The van der Waals surface area contributed by atoms with E-state index in [9.17, 15) is 9.36 Å². The smallest absolute Gasteiger partial charge is 0.358 e. The molecule has 7 heteroatoms. The van der Waals surface area contributed by atoms with Crippen molar-refractivity contribution >= 4 is 13.6 Å². The number of carbonyl (C=O) groups excluding carboxylic acids is 1. The molecule has 1 fully saturated rings. The lowest BCUT2D eigenvalue weighted by atomic mass is 10.2. The van der Waals surface area contributed by atoms with Crippen LogP contribution >= 0.6 is 7.60 Å². The van der Waals surface area contributed by atoms with Crippen LogP contribution in [0.2, 0.25) is 0 Å². The molecule has 0 N–H and O–H groups in total. The van der Waals surface area contributed by atoms with Gasteiger partial charge >= 0.3 is 13.6 Å². The molecule has 1 saturated heterocycles. The molecule has 6 nitrogen and oxygen atoms in total. The van der Waals surface area contributed by atoms with Gasteiger partial charge in [0.25, 0.3) is 0 Å². The van der Waals surface area contributed by atoms with Crippen LogP contribution in [0.3, 0.4) is 0 Å². The summed E-state index contributed by atoms with van der Waals surface area (Å²) in [5.74, 6) is -0.914. The zero-order valence-electron chi connectivity index (χ0n) is 9.67. The van der Waals surface area contributed by atoms with Crippen molar-refractivity contribution < 1.29 is 27.9 Å². The van der Waals surface area contributed by atoms with E-state index in [1.165, 1.54) is 21.1 Å². The molecule has 94 valence electrons. The second-order valence-electron chi connectivity index (χ2n) is 3.50. The van der Waals surface area contributed by atoms with Crippen LogP contribution in [0.25, 0.3) is 0 Å². The van der Waals surface area contributed by atoms with E-state index in [1.54, 1.807) is 0 Å². The summed E-state index contributed by atoms with van der Waals surface area (Å²) in [5, 5.41) is 0. The molecule has 1 rings (SSSR count). The highest BCUT2D eigenvalue weighted by atomic mass is 31.2. The van der Waals surface area contributed by atoms with E-state index in [0.29, 0.717) is 12.8 Å². The fourth-order valence-electron chi connectivity index (χ4n) is 1.60. The number of carbonyl (C=O) groups is 1. The summed E-state index contributed by atoms with van der Waals surface area (Å²) >= 11 is 0. The van der Waals surface area contributed by atoms with E-state index in [-0.39, 0.29) is 18.7 Å². The molecule has 1 aliphatic heterocycles. The van der Waals surface area contributed by atoms with E-state index in [4.69, 9.17) is 18.5 Å². The van der Waals surface area contributed by atoms with Gasteiger partial charge in [0.05, 0.1) is 6.61 Å². The third kappa shape index (κ3) is 3.28. The Kier molecular flexibility index (Phi) is 4.92. The Hall–Kier alpha value is -0.420. The molecule has 0 amide bonds. The van der Waals surface area contributed by atoms with Gasteiger partial charge in [-0.2, -0.15) is 0 Å². The summed E-state index contributed by atoms with van der Waals surface area (Å²) in [6.45, 7) is 1.57. The van der Waals surface area contributed by atoms with Crippen molar-refractivity contribution in [3.05, 3.63) is 0 Å². The van der Waals surface area contributed by atoms with Crippen molar-refractivity contribution in [3.63, 3.8) is 0 Å². The highest BCUT2D eigenvalue weighted by Gasteiger charge is 2.38. The zero-order valence-corrected chi connectivity index (χ0v) is 10.6. The van der Waals surface area contributed by atoms with Gasteiger partial charge in [0.1, 0.15) is 6.10 Å². The largest absolute Gasteiger partial charge is 0.460 e. The van der Waals surface area contributed by atoms with Crippen molar-refractivity contribution in [2.45, 2.75) is 31.7 Å². The number of ether oxygens (including phenoxy) is 2. The van der Waals surface area contributed by atoms with E-state index < -0.39 is 13.4 Å². The Labute approximate surface area is 94.7 Å². The maximum absolute atomic E-state index is 12.0. The highest BCUT2D eigenvalue weighted by Crippen LogP contribution is 2.54. The third-order valence-electron chi connectivity index (χ3n) is 2.40. The van der Waals surface area contributed by atoms with E-state index in [1.807, 2.05) is 0 Å². The van der Waals surface area contributed by atoms with Crippen LogP contribution in [-0.2, 0) is 27.9 Å². The second-order valence-corrected chi connectivity index (χ2v) is 5.89. The van der Waals surface area contributed by atoms with Crippen molar-refractivity contribution in [2.24, 2.45) is 0 Å². The first-order valence-electron chi connectivity index (χ1n) is 5.02. The molecule has 1 heterocycles. The summed E-state index contributed by atoms with van der Waals surface area (Å²) in [6.07, 6.45) is 0.814. The maximum atomic E-state index is 12.0. The van der Waals surface area contributed by atoms with E-state index >= 15 is 0 Å². The van der Waals surface area contributed by atoms with Gasteiger partial charge in [-0.3, -0.25) is 9.36 Å². The van der Waals surface area contributed by atoms with E-state index in [2.05, 4.69) is 0 Å². The summed E-state index contributed by atoms with van der Waals surface area (Å²) in [4.78, 5) is 10.7. The molecule has 1 aliphatic rings. The standard InChI is InChI=1S/C9H17O6P/c1-7(10)15-8-4-5-9(14-6-8)16(11,12-2)13-3/h8-9H,4-6H2,1-3H3/t8-,9-/m0/s1. The average Bonchev–Trinajstić information content (AvgIpc) is 2.28. The van der Waals surface area contributed by atoms with Crippen molar-refractivity contribution in [2.75, 3.05) is 20.8 Å². The topological polar surface area (TPSA) is 71.1 Å². The Bertz CT molecular complexity index is 276. The Morgan fingerprint density at radius 3 is 2.31 bits per heavy atom. The fraction of sp³-hybridized carbons (Fsp3) is 0.889. The third-order valence-corrected chi connectivity index (χ3v) is 4.53. The molecular formula is C9H17O6P. The summed E-state index contributed by atoms with van der Waals surface area (Å²) in [7, 11) is -0.530. The monoisotopic (exact) mass is 252 g/mol. The summed E-state index contributed by atoms with van der Waals surface area (Å²) in [6, 6.07) is 0. The fourth-order valence-corrected chi connectivity index (χ4v) is 2.95. The lowest BCUT2D eigenvalue weighted by Crippen LogP contribution is -2.32. The molecule has 2 atom stereocenters.